The molecule has 0 aromatic rings. The van der Waals surface area contributed by atoms with Crippen molar-refractivity contribution in [1.82, 2.24) is 4.90 Å². The van der Waals surface area contributed by atoms with E-state index in [1.54, 1.807) is 0 Å². The van der Waals surface area contributed by atoms with Crippen molar-refractivity contribution in [2.45, 2.75) is 20.3 Å². The molecule has 3 saturated heterocycles. The second-order valence-corrected chi connectivity index (χ2v) is 4.50. The molecule has 2 heteroatoms. The van der Waals surface area contributed by atoms with E-state index in [0.29, 0.717) is 23.5 Å². The molecule has 3 rings (SSSR count). The highest BCUT2D eigenvalue weighted by molar-refractivity contribution is 5.84. The second-order valence-electron chi connectivity index (χ2n) is 4.50. The van der Waals surface area contributed by atoms with Gasteiger partial charge in [-0.1, -0.05) is 13.8 Å². The van der Waals surface area contributed by atoms with Crippen molar-refractivity contribution in [3.63, 3.8) is 0 Å². The standard InChI is InChI=1S/C10H17NO/c1-7(2)9-5-11-4-3-8(9)10(12)6-11/h7-9H,3-6H2,1-2H3. The first-order chi connectivity index (χ1) is 5.68. The van der Waals surface area contributed by atoms with Crippen molar-refractivity contribution in [3.8, 4) is 0 Å². The molecular weight excluding hydrogens is 150 g/mol. The minimum atomic E-state index is 0.398. The van der Waals surface area contributed by atoms with Crippen LogP contribution >= 0.6 is 0 Å². The zero-order valence-electron chi connectivity index (χ0n) is 7.92. The highest BCUT2D eigenvalue weighted by atomic mass is 16.1. The SMILES string of the molecule is CC(C)C1CN2CCC1C(=O)C2. The summed E-state index contributed by atoms with van der Waals surface area (Å²) in [6, 6.07) is 0. The predicted molar refractivity (Wildman–Crippen MR) is 47.9 cm³/mol. The van der Waals surface area contributed by atoms with E-state index < -0.39 is 0 Å². The van der Waals surface area contributed by atoms with Gasteiger partial charge in [-0.15, -0.1) is 0 Å². The van der Waals surface area contributed by atoms with E-state index in [-0.39, 0.29) is 0 Å². The van der Waals surface area contributed by atoms with Gasteiger partial charge in [0.2, 0.25) is 0 Å². The van der Waals surface area contributed by atoms with Crippen LogP contribution in [-0.4, -0.2) is 30.3 Å². The van der Waals surface area contributed by atoms with E-state index in [2.05, 4.69) is 18.7 Å². The van der Waals surface area contributed by atoms with Crippen molar-refractivity contribution in [2.24, 2.45) is 17.8 Å². The van der Waals surface area contributed by atoms with Crippen LogP contribution < -0.4 is 0 Å². The molecule has 0 saturated carbocycles. The summed E-state index contributed by atoms with van der Waals surface area (Å²) in [5.41, 5.74) is 0. The number of Topliss-reactive ketones (excluding diaryl/α,β-unsaturated/α-hetero) is 1. The van der Waals surface area contributed by atoms with Crippen LogP contribution in [0.2, 0.25) is 0 Å². The monoisotopic (exact) mass is 167 g/mol. The molecule has 0 spiro atoms. The molecule has 0 amide bonds. The van der Waals surface area contributed by atoms with Gasteiger partial charge >= 0.3 is 0 Å². The predicted octanol–water partition coefficient (Wildman–Crippen LogP) is 1.16. The highest BCUT2D eigenvalue weighted by Gasteiger charge is 2.40. The van der Waals surface area contributed by atoms with E-state index in [9.17, 15) is 4.79 Å². The van der Waals surface area contributed by atoms with Crippen LogP contribution in [0.25, 0.3) is 0 Å². The number of carbonyl (C=O) groups excluding carboxylic acids is 1. The Morgan fingerprint density at radius 2 is 2.25 bits per heavy atom. The first-order valence-corrected chi connectivity index (χ1v) is 4.93. The normalized spacial score (nSPS) is 40.9. The first-order valence-electron chi connectivity index (χ1n) is 4.93. The third-order valence-electron chi connectivity index (χ3n) is 3.39. The summed E-state index contributed by atoms with van der Waals surface area (Å²) in [4.78, 5) is 13.8. The Balaban J connectivity index is 2.14. The van der Waals surface area contributed by atoms with Gasteiger partial charge in [-0.05, 0) is 24.8 Å². The van der Waals surface area contributed by atoms with Gasteiger partial charge in [0, 0.05) is 12.5 Å². The maximum atomic E-state index is 11.5. The molecule has 68 valence electrons. The third-order valence-corrected chi connectivity index (χ3v) is 3.39. The van der Waals surface area contributed by atoms with Gasteiger partial charge in [0.15, 0.2) is 0 Å². The fourth-order valence-electron chi connectivity index (χ4n) is 2.61. The average molecular weight is 167 g/mol. The molecule has 0 radical (unpaired) electrons. The van der Waals surface area contributed by atoms with E-state index in [0.717, 1.165) is 26.1 Å². The maximum Gasteiger partial charge on any atom is 0.150 e. The number of piperidine rings is 3. The lowest BCUT2D eigenvalue weighted by Crippen LogP contribution is -2.54. The number of rotatable bonds is 1. The summed E-state index contributed by atoms with van der Waals surface area (Å²) >= 11 is 0. The Morgan fingerprint density at radius 3 is 2.67 bits per heavy atom. The molecule has 3 unspecified atom stereocenters. The molecule has 12 heavy (non-hydrogen) atoms. The Morgan fingerprint density at radius 1 is 1.50 bits per heavy atom. The Labute approximate surface area is 73.9 Å². The summed E-state index contributed by atoms with van der Waals surface area (Å²) in [6.07, 6.45) is 1.11. The zero-order valence-corrected chi connectivity index (χ0v) is 7.92. The smallest absolute Gasteiger partial charge is 0.150 e. The van der Waals surface area contributed by atoms with Gasteiger partial charge in [0.25, 0.3) is 0 Å². The van der Waals surface area contributed by atoms with Crippen molar-refractivity contribution in [1.29, 1.82) is 0 Å². The number of hydrogen-bond acceptors (Lipinski definition) is 2. The largest absolute Gasteiger partial charge is 0.298 e. The van der Waals surface area contributed by atoms with Crippen LogP contribution in [0.3, 0.4) is 0 Å². The quantitative estimate of drug-likeness (QED) is 0.584. The summed E-state index contributed by atoms with van der Waals surface area (Å²) in [6.45, 7) is 7.52. The Bertz CT molecular complexity index is 200. The van der Waals surface area contributed by atoms with E-state index >= 15 is 0 Å². The molecule has 3 aliphatic rings. The topological polar surface area (TPSA) is 20.3 Å². The van der Waals surface area contributed by atoms with Crippen LogP contribution in [0.4, 0.5) is 0 Å². The lowest BCUT2D eigenvalue weighted by molar-refractivity contribution is -0.135. The van der Waals surface area contributed by atoms with Crippen LogP contribution in [0.15, 0.2) is 0 Å². The number of hydrogen-bond donors (Lipinski definition) is 0. The zero-order chi connectivity index (χ0) is 8.72. The van der Waals surface area contributed by atoms with Crippen molar-refractivity contribution in [3.05, 3.63) is 0 Å². The Hall–Kier alpha value is -0.370. The minimum absolute atomic E-state index is 0.398. The maximum absolute atomic E-state index is 11.5. The summed E-state index contributed by atoms with van der Waals surface area (Å²) < 4.78 is 0. The fourth-order valence-corrected chi connectivity index (χ4v) is 2.61. The molecule has 0 aliphatic carbocycles. The van der Waals surface area contributed by atoms with Crippen molar-refractivity contribution in [2.75, 3.05) is 19.6 Å². The molecule has 0 aromatic carbocycles. The second kappa shape index (κ2) is 2.84. The highest BCUT2D eigenvalue weighted by Crippen LogP contribution is 2.34. The lowest BCUT2D eigenvalue weighted by atomic mass is 9.73. The van der Waals surface area contributed by atoms with E-state index in [1.807, 2.05) is 0 Å². The van der Waals surface area contributed by atoms with Crippen LogP contribution in [0, 0.1) is 17.8 Å². The minimum Gasteiger partial charge on any atom is -0.298 e. The summed E-state index contributed by atoms with van der Waals surface area (Å²) in [5.74, 6) is 2.20. The third kappa shape index (κ3) is 1.18. The van der Waals surface area contributed by atoms with E-state index in [1.165, 1.54) is 0 Å². The lowest BCUT2D eigenvalue weighted by Gasteiger charge is -2.45. The molecule has 3 atom stereocenters. The van der Waals surface area contributed by atoms with Gasteiger partial charge in [-0.2, -0.15) is 0 Å². The van der Waals surface area contributed by atoms with E-state index in [4.69, 9.17) is 0 Å². The van der Waals surface area contributed by atoms with Crippen LogP contribution in [-0.2, 0) is 4.79 Å². The summed E-state index contributed by atoms with van der Waals surface area (Å²) in [5, 5.41) is 0. The number of nitrogens with zero attached hydrogens (tertiary/aromatic N) is 1. The van der Waals surface area contributed by atoms with Crippen LogP contribution in [0.5, 0.6) is 0 Å². The van der Waals surface area contributed by atoms with Gasteiger partial charge < -0.3 is 0 Å². The van der Waals surface area contributed by atoms with Gasteiger partial charge in [-0.25, -0.2) is 0 Å². The van der Waals surface area contributed by atoms with Crippen molar-refractivity contribution >= 4 is 5.78 Å². The molecule has 0 N–H and O–H groups in total. The molecule has 3 aliphatic heterocycles. The molecule has 2 nitrogen and oxygen atoms in total. The summed E-state index contributed by atoms with van der Waals surface area (Å²) in [7, 11) is 0. The average Bonchev–Trinajstić information content (AvgIpc) is 2.04. The first kappa shape index (κ1) is 8.24. The number of carbonyl (C=O) groups is 1. The Kier molecular flexibility index (Phi) is 1.95. The number of fused-ring (bicyclic) bond motifs is 3. The molecule has 0 aromatic heterocycles. The fraction of sp³-hybridized carbons (Fsp3) is 0.900. The molecular formula is C10H17NO. The van der Waals surface area contributed by atoms with Crippen molar-refractivity contribution < 1.29 is 4.79 Å². The molecule has 3 fully saturated rings. The van der Waals surface area contributed by atoms with Gasteiger partial charge in [-0.3, -0.25) is 9.69 Å². The van der Waals surface area contributed by atoms with Crippen LogP contribution in [0.1, 0.15) is 20.3 Å². The van der Waals surface area contributed by atoms with Gasteiger partial charge in [0.05, 0.1) is 6.54 Å². The molecule has 2 bridgehead atoms. The van der Waals surface area contributed by atoms with Gasteiger partial charge in [0.1, 0.15) is 5.78 Å². The molecule has 3 heterocycles. The number of ketones is 1.